The van der Waals surface area contributed by atoms with Crippen LogP contribution in [0.3, 0.4) is 0 Å². The van der Waals surface area contributed by atoms with Crippen LogP contribution in [0.1, 0.15) is 40.9 Å². The molecule has 0 radical (unpaired) electrons. The van der Waals surface area contributed by atoms with Gasteiger partial charge in [0, 0.05) is 22.7 Å². The highest BCUT2D eigenvalue weighted by atomic mass is 79.9. The molecule has 0 bridgehead atoms. The molecule has 0 aliphatic heterocycles. The van der Waals surface area contributed by atoms with Crippen molar-refractivity contribution >= 4 is 21.7 Å². The summed E-state index contributed by atoms with van der Waals surface area (Å²) in [5.74, 6) is 0.859. The summed E-state index contributed by atoms with van der Waals surface area (Å²) < 4.78 is 0.984. The summed E-state index contributed by atoms with van der Waals surface area (Å²) in [7, 11) is 0. The van der Waals surface area contributed by atoms with Crippen LogP contribution in [0.5, 0.6) is 0 Å². The van der Waals surface area contributed by atoms with Gasteiger partial charge in [-0.25, -0.2) is 9.97 Å². The van der Waals surface area contributed by atoms with Crippen molar-refractivity contribution in [3.05, 3.63) is 45.7 Å². The van der Waals surface area contributed by atoms with Gasteiger partial charge in [0.05, 0.1) is 11.3 Å². The molecule has 1 aliphatic carbocycles. The minimum atomic E-state index is 0.173. The molecule has 3 rings (SSSR count). The lowest BCUT2D eigenvalue weighted by atomic mass is 10.1. The van der Waals surface area contributed by atoms with E-state index in [1.807, 2.05) is 19.1 Å². The molecule has 0 fully saturated rings. The zero-order valence-corrected chi connectivity index (χ0v) is 12.9. The van der Waals surface area contributed by atoms with Gasteiger partial charge in [0.1, 0.15) is 0 Å². The number of ketones is 1. The van der Waals surface area contributed by atoms with Crippen LogP contribution in [0.4, 0.5) is 0 Å². The molecule has 20 heavy (non-hydrogen) atoms. The number of hydrogen-bond acceptors (Lipinski definition) is 3. The first-order valence-electron chi connectivity index (χ1n) is 6.81. The standard InChI is InChI=1S/C16H15BrN2O/c1-10-6-7-11(13(17)8-10)16-18-9-12-14(19-16)4-2-3-5-15(12)20/h6-9H,2-5H2,1H3. The highest BCUT2D eigenvalue weighted by Gasteiger charge is 2.18. The SMILES string of the molecule is Cc1ccc(-c2ncc3c(n2)CCCCC3=O)c(Br)c1. The van der Waals surface area contributed by atoms with Gasteiger partial charge < -0.3 is 0 Å². The lowest BCUT2D eigenvalue weighted by Gasteiger charge is -2.08. The quantitative estimate of drug-likeness (QED) is 0.738. The molecule has 1 aromatic heterocycles. The van der Waals surface area contributed by atoms with Crippen LogP contribution in [0, 0.1) is 6.92 Å². The summed E-state index contributed by atoms with van der Waals surface area (Å²) >= 11 is 3.56. The van der Waals surface area contributed by atoms with E-state index in [0.29, 0.717) is 17.8 Å². The third-order valence-corrected chi connectivity index (χ3v) is 4.26. The first-order chi connectivity index (χ1) is 9.65. The Bertz CT molecular complexity index is 682. The third kappa shape index (κ3) is 2.52. The third-order valence-electron chi connectivity index (χ3n) is 3.60. The van der Waals surface area contributed by atoms with E-state index in [1.165, 1.54) is 5.56 Å². The van der Waals surface area contributed by atoms with Gasteiger partial charge in [-0.05, 0) is 43.9 Å². The Kier molecular flexibility index (Phi) is 3.66. The summed E-state index contributed by atoms with van der Waals surface area (Å²) in [6.07, 6.45) is 5.13. The topological polar surface area (TPSA) is 42.9 Å². The number of halogens is 1. The van der Waals surface area contributed by atoms with Crippen LogP contribution in [-0.2, 0) is 6.42 Å². The van der Waals surface area contributed by atoms with Crippen LogP contribution >= 0.6 is 15.9 Å². The molecule has 0 N–H and O–H groups in total. The van der Waals surface area contributed by atoms with Gasteiger partial charge in [0.15, 0.2) is 11.6 Å². The Morgan fingerprint density at radius 3 is 2.75 bits per heavy atom. The maximum Gasteiger partial charge on any atom is 0.166 e. The summed E-state index contributed by atoms with van der Waals surface area (Å²) in [6, 6.07) is 6.11. The molecule has 0 spiro atoms. The van der Waals surface area contributed by atoms with E-state index in [2.05, 4.69) is 32.0 Å². The Balaban J connectivity index is 2.08. The summed E-state index contributed by atoms with van der Waals surface area (Å²) in [4.78, 5) is 21.0. The molecular weight excluding hydrogens is 316 g/mol. The molecule has 1 aromatic carbocycles. The number of carbonyl (C=O) groups excluding carboxylic acids is 1. The molecule has 1 heterocycles. The van der Waals surface area contributed by atoms with Crippen LogP contribution in [0.15, 0.2) is 28.9 Å². The van der Waals surface area contributed by atoms with E-state index in [9.17, 15) is 4.79 Å². The molecule has 4 heteroatoms. The van der Waals surface area contributed by atoms with Gasteiger partial charge in [0.25, 0.3) is 0 Å². The zero-order valence-electron chi connectivity index (χ0n) is 11.3. The fourth-order valence-electron chi connectivity index (χ4n) is 2.48. The Labute approximate surface area is 126 Å². The van der Waals surface area contributed by atoms with Gasteiger partial charge >= 0.3 is 0 Å². The molecule has 1 aliphatic rings. The minimum Gasteiger partial charge on any atom is -0.294 e. The normalized spacial score (nSPS) is 14.8. The molecule has 0 saturated heterocycles. The summed E-state index contributed by atoms with van der Waals surface area (Å²) in [5, 5.41) is 0. The van der Waals surface area contributed by atoms with Gasteiger partial charge in [-0.1, -0.05) is 22.0 Å². The first kappa shape index (κ1) is 13.4. The van der Waals surface area contributed by atoms with Crippen LogP contribution in [-0.4, -0.2) is 15.8 Å². The van der Waals surface area contributed by atoms with Gasteiger partial charge in [-0.15, -0.1) is 0 Å². The Morgan fingerprint density at radius 2 is 1.95 bits per heavy atom. The fraction of sp³-hybridized carbons (Fsp3) is 0.312. The Hall–Kier alpha value is -1.55. The number of rotatable bonds is 1. The predicted molar refractivity (Wildman–Crippen MR) is 81.8 cm³/mol. The molecule has 0 saturated carbocycles. The van der Waals surface area contributed by atoms with Crippen LogP contribution < -0.4 is 0 Å². The van der Waals surface area contributed by atoms with Crippen molar-refractivity contribution in [3.63, 3.8) is 0 Å². The highest BCUT2D eigenvalue weighted by molar-refractivity contribution is 9.10. The van der Waals surface area contributed by atoms with Crippen molar-refractivity contribution in [2.75, 3.05) is 0 Å². The molecule has 3 nitrogen and oxygen atoms in total. The maximum absolute atomic E-state index is 12.0. The fourth-order valence-corrected chi connectivity index (χ4v) is 3.16. The highest BCUT2D eigenvalue weighted by Crippen LogP contribution is 2.28. The molecule has 102 valence electrons. The van der Waals surface area contributed by atoms with Crippen molar-refractivity contribution in [1.82, 2.24) is 9.97 Å². The second kappa shape index (κ2) is 5.44. The van der Waals surface area contributed by atoms with Gasteiger partial charge in [0.2, 0.25) is 0 Å². The lowest BCUT2D eigenvalue weighted by Crippen LogP contribution is -2.05. The molecule has 0 atom stereocenters. The zero-order chi connectivity index (χ0) is 14.1. The molecular formula is C16H15BrN2O. The van der Waals surface area contributed by atoms with Crippen molar-refractivity contribution in [3.8, 4) is 11.4 Å². The van der Waals surface area contributed by atoms with Crippen LogP contribution in [0.25, 0.3) is 11.4 Å². The van der Waals surface area contributed by atoms with E-state index in [4.69, 9.17) is 0 Å². The summed E-state index contributed by atoms with van der Waals surface area (Å²) in [5.41, 5.74) is 3.75. The number of benzene rings is 1. The number of aromatic nitrogens is 2. The van der Waals surface area contributed by atoms with Crippen molar-refractivity contribution in [2.45, 2.75) is 32.6 Å². The van der Waals surface area contributed by atoms with E-state index in [1.54, 1.807) is 6.20 Å². The number of carbonyl (C=O) groups is 1. The van der Waals surface area contributed by atoms with E-state index < -0.39 is 0 Å². The van der Waals surface area contributed by atoms with Crippen molar-refractivity contribution < 1.29 is 4.79 Å². The average Bonchev–Trinajstić information content (AvgIpc) is 2.60. The molecule has 0 amide bonds. The summed E-state index contributed by atoms with van der Waals surface area (Å²) in [6.45, 7) is 2.05. The number of aryl methyl sites for hydroxylation is 2. The second-order valence-corrected chi connectivity index (χ2v) is 6.02. The second-order valence-electron chi connectivity index (χ2n) is 5.17. The predicted octanol–water partition coefficient (Wildman–Crippen LogP) is 4.12. The first-order valence-corrected chi connectivity index (χ1v) is 7.60. The monoisotopic (exact) mass is 330 g/mol. The number of nitrogens with zero attached hydrogens (tertiary/aromatic N) is 2. The van der Waals surface area contributed by atoms with Gasteiger partial charge in [-0.3, -0.25) is 4.79 Å². The largest absolute Gasteiger partial charge is 0.294 e. The average molecular weight is 331 g/mol. The molecule has 0 unspecified atom stereocenters. The Morgan fingerprint density at radius 1 is 1.15 bits per heavy atom. The van der Waals surface area contributed by atoms with E-state index in [0.717, 1.165) is 35.0 Å². The van der Waals surface area contributed by atoms with Crippen LogP contribution in [0.2, 0.25) is 0 Å². The number of hydrogen-bond donors (Lipinski definition) is 0. The van der Waals surface area contributed by atoms with Gasteiger partial charge in [-0.2, -0.15) is 0 Å². The van der Waals surface area contributed by atoms with Crippen molar-refractivity contribution in [2.24, 2.45) is 0 Å². The maximum atomic E-state index is 12.0. The smallest absolute Gasteiger partial charge is 0.166 e. The van der Waals surface area contributed by atoms with E-state index in [-0.39, 0.29) is 5.78 Å². The number of fused-ring (bicyclic) bond motifs is 1. The minimum absolute atomic E-state index is 0.173. The number of Topliss-reactive ketones (excluding diaryl/α,β-unsaturated/α-hetero) is 1. The lowest BCUT2D eigenvalue weighted by molar-refractivity contribution is 0.0981. The van der Waals surface area contributed by atoms with E-state index >= 15 is 0 Å². The molecule has 2 aromatic rings. The van der Waals surface area contributed by atoms with Crippen molar-refractivity contribution in [1.29, 1.82) is 0 Å².